The Bertz CT molecular complexity index is 1530. The highest BCUT2D eigenvalue weighted by Gasteiger charge is 2.81. The van der Waals surface area contributed by atoms with Crippen LogP contribution in [0.1, 0.15) is 51.0 Å². The first-order valence-corrected chi connectivity index (χ1v) is 13.0. The van der Waals surface area contributed by atoms with E-state index in [0.29, 0.717) is 17.8 Å². The van der Waals surface area contributed by atoms with Crippen molar-refractivity contribution in [1.82, 2.24) is 4.90 Å². The van der Waals surface area contributed by atoms with Crippen molar-refractivity contribution in [3.63, 3.8) is 0 Å². The maximum absolute atomic E-state index is 14.6. The molecule has 2 spiro atoms. The van der Waals surface area contributed by atoms with Crippen LogP contribution >= 0.6 is 0 Å². The molecule has 0 saturated carbocycles. The number of amides is 2. The standard InChI is InChI=1S/C31H29N3O3/c1-17-10-12-20(13-11-17)27(35)25-24-9-6-14-34(24)31(22-16-18(2)15-19(3)26(22)33-29(31)37)30(25)21-7-4-5-8-23(21)32-28(30)36/h4-5,7-8,10-13,15-16,24-25H,6,9,14H2,1-3H3,(H,32,36)(H,33,37)/t24-,25-,30-,31+/m0/s1. The lowest BCUT2D eigenvalue weighted by atomic mass is 9.57. The van der Waals surface area contributed by atoms with Crippen LogP contribution in [-0.4, -0.2) is 35.1 Å². The van der Waals surface area contributed by atoms with Gasteiger partial charge in [0.2, 0.25) is 5.91 Å². The molecule has 6 nitrogen and oxygen atoms in total. The zero-order chi connectivity index (χ0) is 25.7. The number of hydrogen-bond donors (Lipinski definition) is 2. The molecule has 4 aliphatic heterocycles. The molecule has 2 amide bonds. The maximum Gasteiger partial charge on any atom is 0.251 e. The second-order valence-electron chi connectivity index (χ2n) is 11.1. The Hall–Kier alpha value is -3.77. The molecule has 3 aromatic rings. The van der Waals surface area contributed by atoms with E-state index in [1.54, 1.807) is 0 Å². The number of benzene rings is 3. The van der Waals surface area contributed by atoms with Gasteiger partial charge in [-0.2, -0.15) is 0 Å². The highest BCUT2D eigenvalue weighted by Crippen LogP contribution is 2.68. The lowest BCUT2D eigenvalue weighted by Gasteiger charge is -2.43. The van der Waals surface area contributed by atoms with E-state index in [2.05, 4.69) is 21.6 Å². The number of para-hydroxylation sites is 1. The Morgan fingerprint density at radius 2 is 1.65 bits per heavy atom. The van der Waals surface area contributed by atoms with Crippen molar-refractivity contribution in [3.05, 3.63) is 94.0 Å². The summed E-state index contributed by atoms with van der Waals surface area (Å²) in [6.07, 6.45) is 1.63. The van der Waals surface area contributed by atoms with Gasteiger partial charge in [0.25, 0.3) is 5.91 Å². The van der Waals surface area contributed by atoms with Gasteiger partial charge in [0.05, 0.1) is 5.92 Å². The highest BCUT2D eigenvalue weighted by atomic mass is 16.2. The molecular formula is C31H29N3O3. The smallest absolute Gasteiger partial charge is 0.251 e. The number of carbonyl (C=O) groups is 3. The minimum Gasteiger partial charge on any atom is -0.325 e. The summed E-state index contributed by atoms with van der Waals surface area (Å²) in [6.45, 7) is 6.65. The molecule has 0 aromatic heterocycles. The summed E-state index contributed by atoms with van der Waals surface area (Å²) in [4.78, 5) is 45.8. The summed E-state index contributed by atoms with van der Waals surface area (Å²) in [5.41, 5.74) is 3.92. The normalized spacial score (nSPS) is 29.4. The van der Waals surface area contributed by atoms with Crippen molar-refractivity contribution in [1.29, 1.82) is 0 Å². The van der Waals surface area contributed by atoms with E-state index < -0.39 is 16.9 Å². The quantitative estimate of drug-likeness (QED) is 0.513. The van der Waals surface area contributed by atoms with E-state index in [0.717, 1.165) is 46.3 Å². The SMILES string of the molecule is Cc1ccc(C(=O)[C@@H]2[C@@H]3CCCN3[C@]3(C(=O)Nc4c(C)cc(C)cc43)[C@]23C(=O)Nc2ccccc23)cc1. The summed E-state index contributed by atoms with van der Waals surface area (Å²) in [5, 5.41) is 6.27. The van der Waals surface area contributed by atoms with Crippen LogP contribution in [0.3, 0.4) is 0 Å². The van der Waals surface area contributed by atoms with Crippen molar-refractivity contribution >= 4 is 29.0 Å². The summed E-state index contributed by atoms with van der Waals surface area (Å²) in [7, 11) is 0. The van der Waals surface area contributed by atoms with Crippen LogP contribution < -0.4 is 10.6 Å². The highest BCUT2D eigenvalue weighted by molar-refractivity contribution is 6.21. The van der Waals surface area contributed by atoms with E-state index in [9.17, 15) is 14.4 Å². The minimum atomic E-state index is -1.40. The van der Waals surface area contributed by atoms with Gasteiger partial charge in [-0.05, 0) is 57.4 Å². The third-order valence-corrected chi connectivity index (χ3v) is 9.17. The number of nitrogens with zero attached hydrogens (tertiary/aromatic N) is 1. The molecule has 37 heavy (non-hydrogen) atoms. The first kappa shape index (κ1) is 22.4. The average molecular weight is 492 g/mol. The van der Waals surface area contributed by atoms with E-state index in [4.69, 9.17) is 0 Å². The van der Waals surface area contributed by atoms with Gasteiger partial charge in [-0.25, -0.2) is 0 Å². The zero-order valence-corrected chi connectivity index (χ0v) is 21.2. The van der Waals surface area contributed by atoms with Crippen LogP contribution in [0, 0.1) is 26.7 Å². The Balaban J connectivity index is 1.60. The fourth-order valence-electron chi connectivity index (χ4n) is 7.93. The Morgan fingerprint density at radius 1 is 0.892 bits per heavy atom. The van der Waals surface area contributed by atoms with E-state index in [1.165, 1.54) is 0 Å². The fraction of sp³-hybridized carbons (Fsp3) is 0.323. The second kappa shape index (κ2) is 7.39. The number of hydrogen-bond acceptors (Lipinski definition) is 4. The molecule has 0 bridgehead atoms. The summed E-state index contributed by atoms with van der Waals surface area (Å²) in [6, 6.07) is 19.0. The van der Waals surface area contributed by atoms with Crippen LogP contribution in [0.15, 0.2) is 60.7 Å². The van der Waals surface area contributed by atoms with Gasteiger partial charge in [-0.3, -0.25) is 19.3 Å². The molecule has 4 atom stereocenters. The van der Waals surface area contributed by atoms with Gasteiger partial charge in [-0.15, -0.1) is 0 Å². The average Bonchev–Trinajstić information content (AvgIpc) is 3.59. The van der Waals surface area contributed by atoms with Gasteiger partial charge >= 0.3 is 0 Å². The molecule has 186 valence electrons. The molecule has 7 rings (SSSR count). The van der Waals surface area contributed by atoms with E-state index in [-0.39, 0.29) is 23.6 Å². The Morgan fingerprint density at radius 3 is 2.43 bits per heavy atom. The molecule has 3 aromatic carbocycles. The number of aryl methyl sites for hydroxylation is 3. The van der Waals surface area contributed by atoms with Gasteiger partial charge < -0.3 is 10.6 Å². The van der Waals surface area contributed by atoms with Crippen molar-refractivity contribution in [3.8, 4) is 0 Å². The van der Waals surface area contributed by atoms with Crippen molar-refractivity contribution in [2.24, 2.45) is 5.92 Å². The number of anilines is 2. The number of carbonyl (C=O) groups excluding carboxylic acids is 3. The molecule has 0 unspecified atom stereocenters. The van der Waals surface area contributed by atoms with Crippen LogP contribution in [0.2, 0.25) is 0 Å². The number of Topliss-reactive ketones (excluding diaryl/α,β-unsaturated/α-hetero) is 1. The first-order valence-electron chi connectivity index (χ1n) is 13.0. The van der Waals surface area contributed by atoms with E-state index >= 15 is 0 Å². The third kappa shape index (κ3) is 2.51. The number of fused-ring (bicyclic) bond motifs is 7. The number of nitrogens with one attached hydrogen (secondary N) is 2. The van der Waals surface area contributed by atoms with Gasteiger partial charge in [0.1, 0.15) is 11.0 Å². The summed E-state index contributed by atoms with van der Waals surface area (Å²) in [5.74, 6) is -1.27. The third-order valence-electron chi connectivity index (χ3n) is 9.17. The Labute approximate surface area is 216 Å². The predicted octanol–water partition coefficient (Wildman–Crippen LogP) is 4.63. The molecule has 0 radical (unpaired) electrons. The lowest BCUT2D eigenvalue weighted by molar-refractivity contribution is -0.137. The predicted molar refractivity (Wildman–Crippen MR) is 142 cm³/mol. The molecule has 2 N–H and O–H groups in total. The van der Waals surface area contributed by atoms with Crippen LogP contribution in [-0.2, 0) is 20.5 Å². The number of ketones is 1. The zero-order valence-electron chi connectivity index (χ0n) is 21.2. The molecule has 2 saturated heterocycles. The molecule has 4 heterocycles. The van der Waals surface area contributed by atoms with Crippen molar-refractivity contribution in [2.75, 3.05) is 17.2 Å². The molecule has 6 heteroatoms. The van der Waals surface area contributed by atoms with Gasteiger partial charge in [0, 0.05) is 28.5 Å². The van der Waals surface area contributed by atoms with E-state index in [1.807, 2.05) is 75.4 Å². The molecular weight excluding hydrogens is 462 g/mol. The largest absolute Gasteiger partial charge is 0.325 e. The summed E-state index contributed by atoms with van der Waals surface area (Å²) >= 11 is 0. The van der Waals surface area contributed by atoms with Gasteiger partial charge in [0.15, 0.2) is 5.78 Å². The monoisotopic (exact) mass is 491 g/mol. The topological polar surface area (TPSA) is 78.5 Å². The molecule has 0 aliphatic carbocycles. The second-order valence-corrected chi connectivity index (χ2v) is 11.1. The summed E-state index contributed by atoms with van der Waals surface area (Å²) < 4.78 is 0. The molecule has 4 aliphatic rings. The maximum atomic E-state index is 14.6. The van der Waals surface area contributed by atoms with Gasteiger partial charge in [-0.1, -0.05) is 65.7 Å². The first-order chi connectivity index (χ1) is 17.8. The molecule has 2 fully saturated rings. The van der Waals surface area contributed by atoms with Crippen molar-refractivity contribution in [2.45, 2.75) is 50.6 Å². The van der Waals surface area contributed by atoms with Crippen LogP contribution in [0.25, 0.3) is 0 Å². The van der Waals surface area contributed by atoms with Crippen LogP contribution in [0.5, 0.6) is 0 Å². The Kier molecular flexibility index (Phi) is 4.48. The van der Waals surface area contributed by atoms with Crippen molar-refractivity contribution < 1.29 is 14.4 Å². The number of rotatable bonds is 2. The minimum absolute atomic E-state index is 0.0775. The fourth-order valence-corrected chi connectivity index (χ4v) is 7.93. The van der Waals surface area contributed by atoms with Crippen LogP contribution in [0.4, 0.5) is 11.4 Å². The lowest BCUT2D eigenvalue weighted by Crippen LogP contribution is -2.62.